The molecule has 11 heavy (non-hydrogen) atoms. The average Bonchev–Trinajstić information content (AvgIpc) is 1.98. The minimum Gasteiger partial charge on any atom is -0.507 e. The van der Waals surface area contributed by atoms with Gasteiger partial charge in [0.1, 0.15) is 11.2 Å². The fraction of sp³-hybridized carbons (Fsp3) is 0. The molecule has 0 fully saturated rings. The number of phenolic OH excluding ortho intramolecular Hbond substituents is 1. The van der Waals surface area contributed by atoms with Gasteiger partial charge in [-0.15, -0.1) is 0 Å². The van der Waals surface area contributed by atoms with E-state index in [2.05, 4.69) is 0 Å². The summed E-state index contributed by atoms with van der Waals surface area (Å²) in [5, 5.41) is 19.3. The van der Waals surface area contributed by atoms with Gasteiger partial charge in [0.25, 0.3) is 0 Å². The monoisotopic (exact) mass is 166 g/mol. The molecule has 0 aromatic heterocycles. The number of nitrogens with zero attached hydrogens (tertiary/aromatic N) is 1. The van der Waals surface area contributed by atoms with E-state index in [4.69, 9.17) is 16.1 Å². The van der Waals surface area contributed by atoms with Gasteiger partial charge < -0.3 is 10.8 Å². The summed E-state index contributed by atoms with van der Waals surface area (Å²) in [6, 6.07) is 4.61. The Hall–Kier alpha value is -1.34. The molecule has 0 aliphatic carbocycles. The Morgan fingerprint density at radius 3 is 2.91 bits per heavy atom. The first-order valence-electron chi connectivity index (χ1n) is 2.88. The summed E-state index contributed by atoms with van der Waals surface area (Å²) >= 11 is 0.892. The number of aromatic hydroxyl groups is 1. The van der Waals surface area contributed by atoms with Gasteiger partial charge in [-0.05, 0) is 30.0 Å². The summed E-state index contributed by atoms with van der Waals surface area (Å²) in [6.45, 7) is 0. The molecule has 1 rings (SSSR count). The van der Waals surface area contributed by atoms with Crippen LogP contribution in [0.15, 0.2) is 23.1 Å². The van der Waals surface area contributed by atoms with Crippen molar-refractivity contribution in [2.24, 2.45) is 0 Å². The van der Waals surface area contributed by atoms with Crippen molar-refractivity contribution in [2.45, 2.75) is 4.90 Å². The number of anilines is 1. The topological polar surface area (TPSA) is 70.0 Å². The molecule has 3 nitrogen and oxygen atoms in total. The largest absolute Gasteiger partial charge is 0.507 e. The van der Waals surface area contributed by atoms with Crippen LogP contribution in [0.4, 0.5) is 5.69 Å². The van der Waals surface area contributed by atoms with Gasteiger partial charge in [0, 0.05) is 5.69 Å². The van der Waals surface area contributed by atoms with Gasteiger partial charge in [0.2, 0.25) is 0 Å². The highest BCUT2D eigenvalue weighted by Gasteiger charge is 2.00. The smallest absolute Gasteiger partial charge is 0.138 e. The van der Waals surface area contributed by atoms with E-state index in [0.717, 1.165) is 11.8 Å². The number of nitrogens with two attached hydrogens (primary N) is 1. The quantitative estimate of drug-likeness (QED) is 0.287. The van der Waals surface area contributed by atoms with Gasteiger partial charge in [0.05, 0.1) is 4.90 Å². The van der Waals surface area contributed by atoms with E-state index in [0.29, 0.717) is 10.6 Å². The van der Waals surface area contributed by atoms with E-state index in [1.54, 1.807) is 12.1 Å². The van der Waals surface area contributed by atoms with Crippen LogP contribution in [0.3, 0.4) is 0 Å². The highest BCUT2D eigenvalue weighted by Crippen LogP contribution is 2.28. The third kappa shape index (κ3) is 1.79. The zero-order valence-corrected chi connectivity index (χ0v) is 6.43. The first-order valence-corrected chi connectivity index (χ1v) is 3.70. The van der Waals surface area contributed by atoms with Crippen molar-refractivity contribution in [3.05, 3.63) is 18.2 Å². The fourth-order valence-electron chi connectivity index (χ4n) is 0.662. The van der Waals surface area contributed by atoms with Gasteiger partial charge in [-0.2, -0.15) is 5.26 Å². The van der Waals surface area contributed by atoms with Crippen LogP contribution in [0.5, 0.6) is 5.75 Å². The normalized spacial score (nSPS) is 9.00. The molecule has 0 amide bonds. The van der Waals surface area contributed by atoms with Gasteiger partial charge in [-0.3, -0.25) is 0 Å². The second-order valence-electron chi connectivity index (χ2n) is 1.92. The Bertz CT molecular complexity index is 306. The summed E-state index contributed by atoms with van der Waals surface area (Å²) in [5.41, 5.74) is 5.97. The summed E-state index contributed by atoms with van der Waals surface area (Å²) in [5.74, 6) is 0.0887. The van der Waals surface area contributed by atoms with Crippen LogP contribution in [0.1, 0.15) is 0 Å². The maximum Gasteiger partial charge on any atom is 0.138 e. The third-order valence-corrected chi connectivity index (χ3v) is 1.78. The fourth-order valence-corrected chi connectivity index (χ4v) is 1.13. The van der Waals surface area contributed by atoms with Crippen LogP contribution in [0, 0.1) is 10.7 Å². The van der Waals surface area contributed by atoms with E-state index in [9.17, 15) is 0 Å². The zero-order valence-electron chi connectivity index (χ0n) is 5.61. The standard InChI is InChI=1S/C7H6N2OS/c8-4-11-7-3-5(9)1-2-6(7)10/h1-3,10H,9H2. The van der Waals surface area contributed by atoms with Crippen LogP contribution in [0.25, 0.3) is 0 Å². The van der Waals surface area contributed by atoms with E-state index in [1.807, 2.05) is 5.40 Å². The molecular weight excluding hydrogens is 160 g/mol. The minimum absolute atomic E-state index is 0.0887. The Morgan fingerprint density at radius 1 is 1.55 bits per heavy atom. The van der Waals surface area contributed by atoms with Gasteiger partial charge >= 0.3 is 0 Å². The van der Waals surface area contributed by atoms with Crippen molar-refractivity contribution in [1.29, 1.82) is 5.26 Å². The lowest BCUT2D eigenvalue weighted by Gasteiger charge is -1.98. The molecule has 0 radical (unpaired) electrons. The highest BCUT2D eigenvalue weighted by atomic mass is 32.2. The Morgan fingerprint density at radius 2 is 2.27 bits per heavy atom. The molecule has 0 heterocycles. The molecule has 56 valence electrons. The van der Waals surface area contributed by atoms with Crippen molar-refractivity contribution in [3.8, 4) is 11.2 Å². The first-order chi connectivity index (χ1) is 5.24. The van der Waals surface area contributed by atoms with Crippen LogP contribution in [0.2, 0.25) is 0 Å². The van der Waals surface area contributed by atoms with Gasteiger partial charge in [-0.25, -0.2) is 0 Å². The van der Waals surface area contributed by atoms with Gasteiger partial charge in [-0.1, -0.05) is 0 Å². The predicted octanol–water partition coefficient (Wildman–Crippen LogP) is 1.55. The number of nitriles is 1. The van der Waals surface area contributed by atoms with E-state index >= 15 is 0 Å². The number of phenols is 1. The summed E-state index contributed by atoms with van der Waals surface area (Å²) in [7, 11) is 0. The molecule has 1 aromatic carbocycles. The molecule has 0 aliphatic heterocycles. The molecule has 0 bridgehead atoms. The number of thioether (sulfide) groups is 1. The molecule has 0 saturated heterocycles. The van der Waals surface area contributed by atoms with Gasteiger partial charge in [0.15, 0.2) is 0 Å². The molecule has 0 aliphatic rings. The Labute approximate surface area is 68.4 Å². The molecule has 1 aromatic rings. The second kappa shape index (κ2) is 3.17. The number of benzene rings is 1. The highest BCUT2D eigenvalue weighted by molar-refractivity contribution is 8.03. The summed E-state index contributed by atoms with van der Waals surface area (Å²) < 4.78 is 0. The summed E-state index contributed by atoms with van der Waals surface area (Å²) in [6.07, 6.45) is 0. The molecular formula is C7H6N2OS. The van der Waals surface area contributed by atoms with Crippen LogP contribution < -0.4 is 5.73 Å². The molecule has 0 atom stereocenters. The van der Waals surface area contributed by atoms with Crippen molar-refractivity contribution in [2.75, 3.05) is 5.73 Å². The summed E-state index contributed by atoms with van der Waals surface area (Å²) in [4.78, 5) is 0.493. The number of hydrogen-bond acceptors (Lipinski definition) is 4. The second-order valence-corrected chi connectivity index (χ2v) is 2.75. The van der Waals surface area contributed by atoms with E-state index in [1.165, 1.54) is 6.07 Å². The van der Waals surface area contributed by atoms with Crippen LogP contribution >= 0.6 is 11.8 Å². The van der Waals surface area contributed by atoms with Crippen molar-refractivity contribution >= 4 is 17.4 Å². The SMILES string of the molecule is N#CSc1cc(N)ccc1O. The Balaban J connectivity index is 3.05. The number of thiocyanates is 1. The lowest BCUT2D eigenvalue weighted by atomic mass is 10.3. The van der Waals surface area contributed by atoms with Crippen molar-refractivity contribution < 1.29 is 5.11 Å². The molecule has 4 heteroatoms. The van der Waals surface area contributed by atoms with Crippen LogP contribution in [-0.2, 0) is 0 Å². The van der Waals surface area contributed by atoms with E-state index < -0.39 is 0 Å². The van der Waals surface area contributed by atoms with E-state index in [-0.39, 0.29) is 5.75 Å². The molecule has 0 saturated carbocycles. The maximum absolute atomic E-state index is 9.14. The molecule has 0 unspecified atom stereocenters. The number of hydrogen-bond donors (Lipinski definition) is 2. The van der Waals surface area contributed by atoms with Crippen molar-refractivity contribution in [3.63, 3.8) is 0 Å². The molecule has 0 spiro atoms. The minimum atomic E-state index is 0.0887. The maximum atomic E-state index is 9.14. The predicted molar refractivity (Wildman–Crippen MR) is 44.0 cm³/mol. The third-order valence-electron chi connectivity index (χ3n) is 1.14. The number of rotatable bonds is 1. The zero-order chi connectivity index (χ0) is 8.27. The lowest BCUT2D eigenvalue weighted by Crippen LogP contribution is -1.83. The average molecular weight is 166 g/mol. The Kier molecular flexibility index (Phi) is 2.24. The molecule has 3 N–H and O–H groups in total. The lowest BCUT2D eigenvalue weighted by molar-refractivity contribution is 0.463. The number of nitrogen functional groups attached to an aromatic ring is 1. The van der Waals surface area contributed by atoms with Crippen LogP contribution in [-0.4, -0.2) is 5.11 Å². The first kappa shape index (κ1) is 7.76. The van der Waals surface area contributed by atoms with Crippen molar-refractivity contribution in [1.82, 2.24) is 0 Å².